The van der Waals surface area contributed by atoms with E-state index in [-0.39, 0.29) is 36.2 Å². The minimum atomic E-state index is -4.92. The monoisotopic (exact) mass is 679 g/mol. The highest BCUT2D eigenvalue weighted by Gasteiger charge is 2.57. The lowest BCUT2D eigenvalue weighted by atomic mass is 9.74. The number of ether oxygens (including phenoxy) is 1. The number of thiazole rings is 1. The van der Waals surface area contributed by atoms with Gasteiger partial charge in [-0.15, -0.1) is 15.6 Å². The lowest BCUT2D eigenvalue weighted by molar-refractivity contribution is -0.228. The number of hydroxylamine groups is 2. The number of guanidine groups is 1. The van der Waals surface area contributed by atoms with Crippen LogP contribution in [0.15, 0.2) is 38.7 Å². The van der Waals surface area contributed by atoms with Gasteiger partial charge in [0.1, 0.15) is 18.1 Å². The number of hydrogen-bond donors (Lipinski definition) is 4. The molecule has 19 heteroatoms. The minimum Gasteiger partial charge on any atom is -0.490 e. The first-order chi connectivity index (χ1) is 21.8. The van der Waals surface area contributed by atoms with Gasteiger partial charge in [-0.1, -0.05) is 11.2 Å². The van der Waals surface area contributed by atoms with Crippen LogP contribution >= 0.6 is 11.3 Å². The molecule has 0 unspecified atom stereocenters. The van der Waals surface area contributed by atoms with Crippen LogP contribution in [0.3, 0.4) is 0 Å². The summed E-state index contributed by atoms with van der Waals surface area (Å²) < 4.78 is 41.3. The van der Waals surface area contributed by atoms with E-state index in [0.29, 0.717) is 36.4 Å². The highest BCUT2D eigenvalue weighted by molar-refractivity contribution is 7.80. The molecule has 4 rings (SSSR count). The average Bonchev–Trinajstić information content (AvgIpc) is 3.44. The number of nitrogen functional groups attached to an aromatic ring is 1. The van der Waals surface area contributed by atoms with Gasteiger partial charge < -0.3 is 31.7 Å². The van der Waals surface area contributed by atoms with Gasteiger partial charge in [0.25, 0.3) is 5.91 Å². The van der Waals surface area contributed by atoms with Gasteiger partial charge in [-0.25, -0.2) is 4.98 Å². The third-order valence-electron chi connectivity index (χ3n) is 7.40. The summed E-state index contributed by atoms with van der Waals surface area (Å²) in [6.07, 6.45) is 2.47. The number of rotatable bonds is 15. The Hall–Kier alpha value is -4.33. The van der Waals surface area contributed by atoms with E-state index in [4.69, 9.17) is 31.3 Å². The van der Waals surface area contributed by atoms with Crippen LogP contribution in [0, 0.1) is 5.92 Å². The van der Waals surface area contributed by atoms with Gasteiger partial charge in [-0.05, 0) is 49.9 Å². The number of amides is 1. The van der Waals surface area contributed by atoms with Gasteiger partial charge >= 0.3 is 10.4 Å². The normalized spacial score (nSPS) is 18.4. The maximum atomic E-state index is 13.2. The molecule has 46 heavy (non-hydrogen) atoms. The zero-order chi connectivity index (χ0) is 33.5. The first kappa shape index (κ1) is 34.5. The van der Waals surface area contributed by atoms with E-state index >= 15 is 0 Å². The van der Waals surface area contributed by atoms with Crippen LogP contribution in [0.5, 0.6) is 5.75 Å². The lowest BCUT2D eigenvalue weighted by Crippen LogP contribution is -2.68. The molecule has 1 saturated heterocycles. The number of benzene rings is 1. The largest absolute Gasteiger partial charge is 0.490 e. The first-order valence-corrected chi connectivity index (χ1v) is 16.5. The summed E-state index contributed by atoms with van der Waals surface area (Å²) in [5.74, 6) is -1.18. The SMILES string of the molecule is CC1(C)[C@H](CC(=O)/C(=N\OCCOc2ccc3c(c2)CCN(C(N)=NCCCN=CN)C3)c2csc(N)n2)C(=O)N1OS(=O)(=O)O. The van der Waals surface area contributed by atoms with Crippen LogP contribution in [0.1, 0.15) is 43.5 Å². The number of oxime groups is 1. The van der Waals surface area contributed by atoms with E-state index in [9.17, 15) is 18.0 Å². The second-order valence-electron chi connectivity index (χ2n) is 10.9. The van der Waals surface area contributed by atoms with Crippen molar-refractivity contribution < 1.29 is 36.4 Å². The number of hydrogen-bond acceptors (Lipinski definition) is 13. The molecule has 3 heterocycles. The highest BCUT2D eigenvalue weighted by atomic mass is 32.3. The molecule has 0 saturated carbocycles. The van der Waals surface area contributed by atoms with Gasteiger partial charge in [0.05, 0.1) is 17.8 Å². The summed E-state index contributed by atoms with van der Waals surface area (Å²) in [4.78, 5) is 45.7. The summed E-state index contributed by atoms with van der Waals surface area (Å²) in [6.45, 7) is 5.64. The molecule has 2 aliphatic rings. The van der Waals surface area contributed by atoms with E-state index in [1.165, 1.54) is 25.6 Å². The number of carbonyl (C=O) groups is 2. The molecule has 0 aliphatic carbocycles. The Balaban J connectivity index is 1.31. The van der Waals surface area contributed by atoms with Crippen molar-refractivity contribution in [3.8, 4) is 5.75 Å². The zero-order valence-corrected chi connectivity index (χ0v) is 27.0. The summed E-state index contributed by atoms with van der Waals surface area (Å²) in [5, 5.41) is 6.21. The molecule has 2 aliphatic heterocycles. The molecule has 2 aromatic rings. The number of ketones is 1. The van der Waals surface area contributed by atoms with Crippen molar-refractivity contribution >= 4 is 56.6 Å². The molecule has 250 valence electrons. The maximum absolute atomic E-state index is 13.2. The van der Waals surface area contributed by atoms with Gasteiger partial charge in [0.15, 0.2) is 29.2 Å². The molecular formula is C27H37N9O8S2. The Morgan fingerprint density at radius 1 is 1.26 bits per heavy atom. The molecule has 1 aromatic carbocycles. The van der Waals surface area contributed by atoms with Crippen molar-refractivity contribution in [3.05, 3.63) is 40.4 Å². The summed E-state index contributed by atoms with van der Waals surface area (Å²) in [6, 6.07) is 5.80. The van der Waals surface area contributed by atoms with E-state index in [1.807, 2.05) is 23.1 Å². The van der Waals surface area contributed by atoms with E-state index < -0.39 is 33.5 Å². The quantitative estimate of drug-likeness (QED) is 0.0501. The summed E-state index contributed by atoms with van der Waals surface area (Å²) in [5.41, 5.74) is 18.2. The third kappa shape index (κ3) is 8.68. The number of carbonyl (C=O) groups excluding carboxylic acids is 2. The minimum absolute atomic E-state index is 0.00528. The van der Waals surface area contributed by atoms with Crippen LogP contribution in [0.2, 0.25) is 0 Å². The molecular weight excluding hydrogens is 642 g/mol. The molecule has 1 atom stereocenters. The Morgan fingerprint density at radius 2 is 2.04 bits per heavy atom. The smallest absolute Gasteiger partial charge is 0.418 e. The van der Waals surface area contributed by atoms with Gasteiger partial charge in [-0.2, -0.15) is 13.5 Å². The topological polar surface area (TPSA) is 251 Å². The number of anilines is 1. The van der Waals surface area contributed by atoms with Crippen molar-refractivity contribution in [2.45, 2.75) is 45.2 Å². The summed E-state index contributed by atoms with van der Waals surface area (Å²) in [7, 11) is -4.92. The van der Waals surface area contributed by atoms with Crippen LogP contribution < -0.4 is 21.9 Å². The molecule has 0 bridgehead atoms. The zero-order valence-electron chi connectivity index (χ0n) is 25.4. The fourth-order valence-electron chi connectivity index (χ4n) is 4.94. The molecule has 0 spiro atoms. The Kier molecular flexibility index (Phi) is 11.1. The predicted octanol–water partition coefficient (Wildman–Crippen LogP) is 0.506. The second kappa shape index (κ2) is 14.8. The van der Waals surface area contributed by atoms with Crippen molar-refractivity contribution in [3.63, 3.8) is 0 Å². The van der Waals surface area contributed by atoms with Crippen LogP contribution in [-0.4, -0.2) is 96.0 Å². The number of Topliss-reactive ketones (excluding diaryl/α,β-unsaturated/α-hetero) is 1. The van der Waals surface area contributed by atoms with Crippen molar-refractivity contribution in [2.75, 3.05) is 38.6 Å². The maximum Gasteiger partial charge on any atom is 0.418 e. The first-order valence-electron chi connectivity index (χ1n) is 14.2. The molecule has 0 radical (unpaired) electrons. The number of β-lactam (4-membered cyclic amide) rings is 1. The number of nitrogens with zero attached hydrogens (tertiary/aromatic N) is 6. The number of aliphatic imine (C=N–C) groups is 2. The van der Waals surface area contributed by atoms with Crippen LogP contribution in [-0.2, 0) is 42.1 Å². The standard InChI is InChI=1S/C27H37N9O8S2/c1-27(2)20(24(38)36(27)44-46(39,40)41)13-22(37)23(21-15-45-26(30)33-21)34-43-11-10-42-19-5-4-18-14-35(9-6-17(18)12-19)25(29)32-8-3-7-31-16-28/h4-5,12,15-16,20H,3,6-11,13-14H2,1-2H3,(H2,28,31)(H2,29,32)(H2,30,33)(H,39,40,41)/b34-23-/t20-/m1/s1. The van der Waals surface area contributed by atoms with Crippen molar-refractivity contribution in [1.29, 1.82) is 0 Å². The molecule has 7 N–H and O–H groups in total. The fraction of sp³-hybridized carbons (Fsp3) is 0.481. The number of nitrogens with two attached hydrogens (primary N) is 3. The molecule has 1 fully saturated rings. The van der Waals surface area contributed by atoms with E-state index in [2.05, 4.69) is 24.4 Å². The third-order valence-corrected chi connectivity index (χ3v) is 8.41. The van der Waals surface area contributed by atoms with Crippen LogP contribution in [0.4, 0.5) is 5.13 Å². The van der Waals surface area contributed by atoms with Crippen molar-refractivity contribution in [2.24, 2.45) is 32.5 Å². The average molecular weight is 680 g/mol. The molecule has 17 nitrogen and oxygen atoms in total. The predicted molar refractivity (Wildman–Crippen MR) is 170 cm³/mol. The van der Waals surface area contributed by atoms with Crippen molar-refractivity contribution in [1.82, 2.24) is 14.9 Å². The van der Waals surface area contributed by atoms with Gasteiger partial charge in [0.2, 0.25) is 0 Å². The van der Waals surface area contributed by atoms with Gasteiger partial charge in [-0.3, -0.25) is 24.1 Å². The number of fused-ring (bicyclic) bond motifs is 1. The second-order valence-corrected chi connectivity index (χ2v) is 12.8. The van der Waals surface area contributed by atoms with E-state index in [1.54, 1.807) is 0 Å². The fourth-order valence-corrected chi connectivity index (χ4v) is 5.94. The highest BCUT2D eigenvalue weighted by Crippen LogP contribution is 2.40. The number of aromatic nitrogens is 1. The Bertz CT molecular complexity index is 1620. The van der Waals surface area contributed by atoms with E-state index in [0.717, 1.165) is 41.9 Å². The summed E-state index contributed by atoms with van der Waals surface area (Å²) >= 11 is 1.09. The van der Waals surface area contributed by atoms with Crippen LogP contribution in [0.25, 0.3) is 0 Å². The molecule has 1 amide bonds. The van der Waals surface area contributed by atoms with Gasteiger partial charge in [0, 0.05) is 38.0 Å². The molecule has 1 aromatic heterocycles. The lowest BCUT2D eigenvalue weighted by Gasteiger charge is -2.50. The Labute approximate surface area is 270 Å². The Morgan fingerprint density at radius 3 is 2.72 bits per heavy atom.